The minimum Gasteiger partial charge on any atom is -0.454 e. The molecule has 1 aliphatic heterocycles. The largest absolute Gasteiger partial charge is 0.454 e. The van der Waals surface area contributed by atoms with Crippen LogP contribution in [0.25, 0.3) is 0 Å². The SMILES string of the molecule is CC/C=C\C/C=C\C/C=C\C/C=C\C/C=C\CCCCC(O)C(=O)NC(COC1OC(CO)C(O)C(O)C1OC(=O)CCCCCCC\C=C/C=C/C=C/C=C/CC)C(O)/C=C/CCCCCCCCCCCCC. The summed E-state index contributed by atoms with van der Waals surface area (Å²) in [5.41, 5.74) is 0. The van der Waals surface area contributed by atoms with E-state index in [1.54, 1.807) is 6.08 Å². The Morgan fingerprint density at radius 3 is 1.60 bits per heavy atom. The van der Waals surface area contributed by atoms with Gasteiger partial charge in [0.05, 0.1) is 25.4 Å². The third-order valence-electron chi connectivity index (χ3n) is 13.0. The molecule has 75 heavy (non-hydrogen) atoms. The summed E-state index contributed by atoms with van der Waals surface area (Å²) in [6.07, 6.45) is 59.5. The summed E-state index contributed by atoms with van der Waals surface area (Å²) in [6, 6.07) is -1.05. The van der Waals surface area contributed by atoms with E-state index in [2.05, 4.69) is 99.0 Å². The quantitative estimate of drug-likeness (QED) is 0.0149. The van der Waals surface area contributed by atoms with Crippen molar-refractivity contribution in [3.05, 3.63) is 122 Å². The minimum absolute atomic E-state index is 0.0860. The van der Waals surface area contributed by atoms with Crippen LogP contribution in [0.15, 0.2) is 122 Å². The highest BCUT2D eigenvalue weighted by atomic mass is 16.7. The third-order valence-corrected chi connectivity index (χ3v) is 13.0. The molecule has 1 fully saturated rings. The van der Waals surface area contributed by atoms with Gasteiger partial charge in [0.15, 0.2) is 12.4 Å². The van der Waals surface area contributed by atoms with E-state index in [4.69, 9.17) is 14.2 Å². The molecule has 0 aromatic rings. The van der Waals surface area contributed by atoms with E-state index in [1.165, 1.54) is 51.4 Å². The Labute approximate surface area is 455 Å². The van der Waals surface area contributed by atoms with Crippen LogP contribution < -0.4 is 5.32 Å². The number of esters is 1. The van der Waals surface area contributed by atoms with Crippen LogP contribution in [0.4, 0.5) is 0 Å². The highest BCUT2D eigenvalue weighted by Gasteiger charge is 2.47. The lowest BCUT2D eigenvalue weighted by Gasteiger charge is -2.41. The van der Waals surface area contributed by atoms with Crippen molar-refractivity contribution in [1.82, 2.24) is 5.32 Å². The highest BCUT2D eigenvalue weighted by Crippen LogP contribution is 2.26. The number of ether oxygens (including phenoxy) is 3. The Balaban J connectivity index is 2.78. The molecule has 1 aliphatic rings. The molecule has 8 atom stereocenters. The maximum atomic E-state index is 13.4. The normalized spacial score (nSPS) is 20.1. The molecule has 11 heteroatoms. The van der Waals surface area contributed by atoms with Gasteiger partial charge in [0.1, 0.15) is 24.4 Å². The molecule has 0 saturated carbocycles. The van der Waals surface area contributed by atoms with Crippen molar-refractivity contribution >= 4 is 11.9 Å². The molecule has 0 aliphatic carbocycles. The van der Waals surface area contributed by atoms with Crippen molar-refractivity contribution in [3.63, 3.8) is 0 Å². The Morgan fingerprint density at radius 1 is 0.547 bits per heavy atom. The number of amides is 1. The van der Waals surface area contributed by atoms with Crippen LogP contribution >= 0.6 is 0 Å². The number of rotatable bonds is 47. The van der Waals surface area contributed by atoms with Gasteiger partial charge in [0, 0.05) is 6.42 Å². The molecule has 0 aromatic heterocycles. The van der Waals surface area contributed by atoms with Crippen LogP contribution in [-0.2, 0) is 23.8 Å². The molecule has 8 unspecified atom stereocenters. The average molecular weight is 1050 g/mol. The minimum atomic E-state index is -1.64. The number of allylic oxidation sites excluding steroid dienone is 19. The standard InChI is InChI=1S/C64H105NO10/c1-4-7-10-13-16-19-22-25-27-28-29-31-33-36-39-42-45-48-51-57(68)63(72)65-55(56(67)50-47-44-41-38-35-32-24-21-18-15-12-9-6-3)54-73-64-62(61(71)60(70)58(53-66)74-64)75-59(69)52-49-46-43-40-37-34-30-26-23-20-17-14-11-8-5-2/h7-8,10-11,14,16-17,19-20,23,25-27,29-31,36,39,47,50,55-58,60-62,64,66-68,70-71H,4-6,9,12-13,15,18,21-22,24,28,32-35,37-38,40-46,48-49,51-54H2,1-3H3,(H,65,72)/b10-7-,11-8+,17-14+,19-16-,23-20+,27-25-,30-26-,31-29-,39-36-,50-47+. The second-order valence-electron chi connectivity index (χ2n) is 19.7. The lowest BCUT2D eigenvalue weighted by molar-refractivity contribution is -0.305. The van der Waals surface area contributed by atoms with E-state index < -0.39 is 67.4 Å². The van der Waals surface area contributed by atoms with E-state index in [0.29, 0.717) is 12.8 Å². The van der Waals surface area contributed by atoms with Gasteiger partial charge in [-0.25, -0.2) is 0 Å². The molecule has 0 bridgehead atoms. The summed E-state index contributed by atoms with van der Waals surface area (Å²) in [5.74, 6) is -1.26. The van der Waals surface area contributed by atoms with Gasteiger partial charge in [-0.3, -0.25) is 9.59 Å². The summed E-state index contributed by atoms with van der Waals surface area (Å²) in [4.78, 5) is 26.5. The van der Waals surface area contributed by atoms with Gasteiger partial charge in [-0.15, -0.1) is 0 Å². The highest BCUT2D eigenvalue weighted by molar-refractivity contribution is 5.80. The van der Waals surface area contributed by atoms with Gasteiger partial charge in [-0.1, -0.05) is 232 Å². The van der Waals surface area contributed by atoms with Crippen LogP contribution in [0.1, 0.15) is 207 Å². The molecule has 1 heterocycles. The monoisotopic (exact) mass is 1050 g/mol. The van der Waals surface area contributed by atoms with Crippen molar-refractivity contribution in [1.29, 1.82) is 0 Å². The van der Waals surface area contributed by atoms with Gasteiger partial charge in [-0.05, 0) is 89.9 Å². The smallest absolute Gasteiger partial charge is 0.306 e. The van der Waals surface area contributed by atoms with Crippen LogP contribution in [-0.4, -0.2) is 99.6 Å². The summed E-state index contributed by atoms with van der Waals surface area (Å²) < 4.78 is 17.5. The number of unbranched alkanes of at least 4 members (excludes halogenated alkanes) is 18. The lowest BCUT2D eigenvalue weighted by Crippen LogP contribution is -2.61. The Kier molecular flexibility index (Phi) is 46.8. The second-order valence-corrected chi connectivity index (χ2v) is 19.7. The first-order chi connectivity index (χ1) is 36.7. The number of aliphatic hydroxyl groups excluding tert-OH is 5. The zero-order valence-electron chi connectivity index (χ0n) is 46.9. The Hall–Kier alpha value is -3.94. The fourth-order valence-electron chi connectivity index (χ4n) is 8.33. The van der Waals surface area contributed by atoms with Crippen molar-refractivity contribution in [3.8, 4) is 0 Å². The predicted octanol–water partition coefficient (Wildman–Crippen LogP) is 13.5. The first-order valence-corrected chi connectivity index (χ1v) is 29.4. The first-order valence-electron chi connectivity index (χ1n) is 29.4. The fraction of sp³-hybridized carbons (Fsp3) is 0.656. The number of hydrogen-bond donors (Lipinski definition) is 6. The molecular formula is C64H105NO10. The Bertz CT molecular complexity index is 1680. The fourth-order valence-corrected chi connectivity index (χ4v) is 8.33. The first kappa shape index (κ1) is 69.1. The molecule has 0 aromatic carbocycles. The van der Waals surface area contributed by atoms with E-state index in [9.17, 15) is 35.1 Å². The second kappa shape index (κ2) is 50.9. The van der Waals surface area contributed by atoms with Crippen LogP contribution in [0.5, 0.6) is 0 Å². The summed E-state index contributed by atoms with van der Waals surface area (Å²) in [5, 5.41) is 56.9. The number of nitrogens with one attached hydrogen (secondary N) is 1. The lowest BCUT2D eigenvalue weighted by atomic mass is 9.99. The van der Waals surface area contributed by atoms with Gasteiger partial charge in [0.2, 0.25) is 5.91 Å². The molecule has 1 saturated heterocycles. The molecule has 6 N–H and O–H groups in total. The van der Waals surface area contributed by atoms with Crippen LogP contribution in [0.3, 0.4) is 0 Å². The summed E-state index contributed by atoms with van der Waals surface area (Å²) >= 11 is 0. The van der Waals surface area contributed by atoms with Crippen LogP contribution in [0.2, 0.25) is 0 Å². The Morgan fingerprint density at radius 2 is 1.03 bits per heavy atom. The molecule has 0 spiro atoms. The zero-order chi connectivity index (χ0) is 54.7. The molecule has 1 rings (SSSR count). The van der Waals surface area contributed by atoms with E-state index in [0.717, 1.165) is 109 Å². The maximum absolute atomic E-state index is 13.4. The third kappa shape index (κ3) is 39.1. The topological polar surface area (TPSA) is 175 Å². The van der Waals surface area contributed by atoms with E-state index >= 15 is 0 Å². The van der Waals surface area contributed by atoms with Gasteiger partial charge in [-0.2, -0.15) is 0 Å². The predicted molar refractivity (Wildman–Crippen MR) is 310 cm³/mol. The number of carbonyl (C=O) groups excluding carboxylic acids is 2. The number of hydrogen-bond acceptors (Lipinski definition) is 10. The summed E-state index contributed by atoms with van der Waals surface area (Å²) in [6.45, 7) is 5.48. The average Bonchev–Trinajstić information content (AvgIpc) is 3.41. The van der Waals surface area contributed by atoms with Crippen molar-refractivity contribution in [2.45, 2.75) is 256 Å². The zero-order valence-corrected chi connectivity index (χ0v) is 46.9. The van der Waals surface area contributed by atoms with Gasteiger partial charge >= 0.3 is 5.97 Å². The maximum Gasteiger partial charge on any atom is 0.306 e. The van der Waals surface area contributed by atoms with E-state index in [-0.39, 0.29) is 19.4 Å². The van der Waals surface area contributed by atoms with Crippen molar-refractivity contribution < 1.29 is 49.3 Å². The van der Waals surface area contributed by atoms with Gasteiger partial charge < -0.3 is 45.1 Å². The molecule has 11 nitrogen and oxygen atoms in total. The number of carbonyl (C=O) groups is 2. The van der Waals surface area contributed by atoms with Gasteiger partial charge in [0.25, 0.3) is 0 Å². The summed E-state index contributed by atoms with van der Waals surface area (Å²) in [7, 11) is 0. The van der Waals surface area contributed by atoms with E-state index in [1.807, 2.05) is 42.5 Å². The molecule has 0 radical (unpaired) electrons. The van der Waals surface area contributed by atoms with Crippen molar-refractivity contribution in [2.75, 3.05) is 13.2 Å². The molecule has 1 amide bonds. The van der Waals surface area contributed by atoms with Crippen molar-refractivity contribution in [2.24, 2.45) is 0 Å². The molecule has 426 valence electrons. The molecular weight excluding hydrogens is 943 g/mol. The number of aliphatic hydroxyl groups is 5. The van der Waals surface area contributed by atoms with Crippen LogP contribution in [0, 0.1) is 0 Å².